The molecule has 0 saturated carbocycles. The van der Waals surface area contributed by atoms with Gasteiger partial charge in [0.1, 0.15) is 4.88 Å². The van der Waals surface area contributed by atoms with Gasteiger partial charge in [-0.3, -0.25) is 4.79 Å². The zero-order valence-corrected chi connectivity index (χ0v) is 11.7. The van der Waals surface area contributed by atoms with Crippen molar-refractivity contribution in [3.63, 3.8) is 0 Å². The number of anilines is 1. The molecule has 7 nitrogen and oxygen atoms in total. The van der Waals surface area contributed by atoms with Crippen molar-refractivity contribution in [2.75, 3.05) is 19.0 Å². The van der Waals surface area contributed by atoms with E-state index in [4.69, 9.17) is 0 Å². The maximum absolute atomic E-state index is 11.9. The molecule has 0 atom stereocenters. The fraction of sp³-hybridized carbons (Fsp3) is 0.364. The molecule has 2 rings (SSSR count). The summed E-state index contributed by atoms with van der Waals surface area (Å²) in [6.07, 6.45) is 1.67. The number of rotatable bonds is 4. The zero-order valence-electron chi connectivity index (χ0n) is 10.9. The van der Waals surface area contributed by atoms with Gasteiger partial charge in [-0.2, -0.15) is 0 Å². The number of carbonyl (C=O) groups excluding carboxylic acids is 1. The highest BCUT2D eigenvalue weighted by Gasteiger charge is 2.12. The Morgan fingerprint density at radius 1 is 1.47 bits per heavy atom. The van der Waals surface area contributed by atoms with Crippen LogP contribution >= 0.6 is 11.5 Å². The molecule has 0 unspecified atom stereocenters. The summed E-state index contributed by atoms with van der Waals surface area (Å²) in [4.78, 5) is 22.7. The summed E-state index contributed by atoms with van der Waals surface area (Å²) in [7, 11) is 3.73. The van der Waals surface area contributed by atoms with E-state index in [-0.39, 0.29) is 5.91 Å². The molecule has 100 valence electrons. The molecule has 8 heteroatoms. The molecule has 2 aromatic rings. The van der Waals surface area contributed by atoms with Crippen LogP contribution in [-0.4, -0.2) is 39.6 Å². The van der Waals surface area contributed by atoms with Crippen molar-refractivity contribution in [3.05, 3.63) is 28.5 Å². The van der Waals surface area contributed by atoms with Gasteiger partial charge in [0.05, 0.1) is 17.9 Å². The van der Waals surface area contributed by atoms with Gasteiger partial charge in [-0.15, -0.1) is 5.10 Å². The number of aryl methyl sites for hydroxylation is 1. The monoisotopic (exact) mass is 278 g/mol. The molecule has 0 bridgehead atoms. The van der Waals surface area contributed by atoms with Gasteiger partial charge in [0, 0.05) is 20.3 Å². The molecule has 0 aliphatic rings. The molecular weight excluding hydrogens is 264 g/mol. The lowest BCUT2D eigenvalue weighted by molar-refractivity contribution is 0.0953. The number of hydrogen-bond donors (Lipinski definition) is 1. The largest absolute Gasteiger partial charge is 0.347 e. The van der Waals surface area contributed by atoms with Crippen LogP contribution in [0.2, 0.25) is 0 Å². The van der Waals surface area contributed by atoms with Crippen molar-refractivity contribution in [2.24, 2.45) is 0 Å². The first kappa shape index (κ1) is 13.3. The van der Waals surface area contributed by atoms with E-state index < -0.39 is 0 Å². The minimum atomic E-state index is -0.183. The maximum atomic E-state index is 11.9. The van der Waals surface area contributed by atoms with Crippen molar-refractivity contribution in [1.82, 2.24) is 24.9 Å². The van der Waals surface area contributed by atoms with Gasteiger partial charge in [-0.25, -0.2) is 9.97 Å². The van der Waals surface area contributed by atoms with Crippen LogP contribution in [-0.2, 0) is 6.54 Å². The van der Waals surface area contributed by atoms with Crippen LogP contribution in [0.3, 0.4) is 0 Å². The van der Waals surface area contributed by atoms with Crippen LogP contribution in [0, 0.1) is 6.92 Å². The highest BCUT2D eigenvalue weighted by atomic mass is 32.1. The van der Waals surface area contributed by atoms with E-state index in [0.29, 0.717) is 23.1 Å². The quantitative estimate of drug-likeness (QED) is 0.883. The molecule has 0 spiro atoms. The van der Waals surface area contributed by atoms with Gasteiger partial charge in [0.2, 0.25) is 5.95 Å². The molecule has 2 heterocycles. The van der Waals surface area contributed by atoms with E-state index in [2.05, 4.69) is 24.9 Å². The van der Waals surface area contributed by atoms with Crippen molar-refractivity contribution in [1.29, 1.82) is 0 Å². The van der Waals surface area contributed by atoms with Crippen molar-refractivity contribution < 1.29 is 4.79 Å². The smallest absolute Gasteiger partial charge is 0.265 e. The highest BCUT2D eigenvalue weighted by molar-refractivity contribution is 7.07. The topological polar surface area (TPSA) is 83.9 Å². The Morgan fingerprint density at radius 2 is 2.26 bits per heavy atom. The summed E-state index contributed by atoms with van der Waals surface area (Å²) in [6, 6.07) is 1.77. The number of nitrogens with one attached hydrogen (secondary N) is 1. The summed E-state index contributed by atoms with van der Waals surface area (Å²) in [6.45, 7) is 2.10. The lowest BCUT2D eigenvalue weighted by Crippen LogP contribution is -2.23. The Hall–Kier alpha value is -2.09. The SMILES string of the molecule is Cc1nnsc1C(=O)NCc1ccnc(N(C)C)n1. The second kappa shape index (κ2) is 5.70. The summed E-state index contributed by atoms with van der Waals surface area (Å²) < 4.78 is 3.73. The van der Waals surface area contributed by atoms with Crippen LogP contribution < -0.4 is 10.2 Å². The molecule has 0 fully saturated rings. The van der Waals surface area contributed by atoms with Crippen molar-refractivity contribution in [2.45, 2.75) is 13.5 Å². The third-order valence-corrected chi connectivity index (χ3v) is 3.22. The third kappa shape index (κ3) is 3.22. The Balaban J connectivity index is 2.01. The number of hydrogen-bond acceptors (Lipinski definition) is 7. The highest BCUT2D eigenvalue weighted by Crippen LogP contribution is 2.09. The second-order valence-electron chi connectivity index (χ2n) is 4.11. The standard InChI is InChI=1S/C11H14N6OS/c1-7-9(19-16-15-7)10(18)13-6-8-4-5-12-11(14-8)17(2)3/h4-5H,6H2,1-3H3,(H,13,18). The molecule has 1 amide bonds. The maximum Gasteiger partial charge on any atom is 0.265 e. The van der Waals surface area contributed by atoms with E-state index in [1.54, 1.807) is 19.2 Å². The Kier molecular flexibility index (Phi) is 4.00. The molecule has 0 aromatic carbocycles. The predicted molar refractivity (Wildman–Crippen MR) is 72.2 cm³/mol. The average Bonchev–Trinajstić information content (AvgIpc) is 2.82. The van der Waals surface area contributed by atoms with Gasteiger partial charge in [-0.05, 0) is 24.5 Å². The van der Waals surface area contributed by atoms with Crippen LogP contribution in [0.4, 0.5) is 5.95 Å². The number of aromatic nitrogens is 4. The van der Waals surface area contributed by atoms with Crippen molar-refractivity contribution in [3.8, 4) is 0 Å². The minimum Gasteiger partial charge on any atom is -0.347 e. The van der Waals surface area contributed by atoms with Crippen LogP contribution in [0.25, 0.3) is 0 Å². The number of amides is 1. The van der Waals surface area contributed by atoms with Crippen LogP contribution in [0.15, 0.2) is 12.3 Å². The normalized spacial score (nSPS) is 10.3. The second-order valence-corrected chi connectivity index (χ2v) is 4.87. The lowest BCUT2D eigenvalue weighted by Gasteiger charge is -2.10. The molecule has 0 aliphatic carbocycles. The Morgan fingerprint density at radius 3 is 2.89 bits per heavy atom. The minimum absolute atomic E-state index is 0.183. The molecule has 1 N–H and O–H groups in total. The first-order valence-corrected chi connectivity index (χ1v) is 6.41. The van der Waals surface area contributed by atoms with E-state index in [1.165, 1.54) is 0 Å². The van der Waals surface area contributed by atoms with Crippen LogP contribution in [0.1, 0.15) is 21.1 Å². The van der Waals surface area contributed by atoms with Crippen molar-refractivity contribution >= 4 is 23.4 Å². The fourth-order valence-electron chi connectivity index (χ4n) is 1.39. The fourth-order valence-corrected chi connectivity index (χ4v) is 1.96. The first-order chi connectivity index (χ1) is 9.08. The summed E-state index contributed by atoms with van der Waals surface area (Å²) >= 11 is 1.09. The summed E-state index contributed by atoms with van der Waals surface area (Å²) in [5, 5.41) is 6.60. The molecule has 19 heavy (non-hydrogen) atoms. The average molecular weight is 278 g/mol. The Labute approximate surface area is 114 Å². The van der Waals surface area contributed by atoms with Gasteiger partial charge in [-0.1, -0.05) is 4.49 Å². The van der Waals surface area contributed by atoms with Gasteiger partial charge in [0.25, 0.3) is 5.91 Å². The molecule has 0 aliphatic heterocycles. The molecule has 2 aromatic heterocycles. The van der Waals surface area contributed by atoms with E-state index in [1.807, 2.05) is 19.0 Å². The zero-order chi connectivity index (χ0) is 13.8. The van der Waals surface area contributed by atoms with E-state index in [9.17, 15) is 4.79 Å². The first-order valence-electron chi connectivity index (χ1n) is 5.64. The lowest BCUT2D eigenvalue weighted by atomic mass is 10.3. The number of carbonyl (C=O) groups is 1. The van der Waals surface area contributed by atoms with E-state index >= 15 is 0 Å². The molecule has 0 saturated heterocycles. The summed E-state index contributed by atoms with van der Waals surface area (Å²) in [5.74, 6) is 0.430. The van der Waals surface area contributed by atoms with Crippen LogP contribution in [0.5, 0.6) is 0 Å². The molecular formula is C11H14N6OS. The predicted octanol–water partition coefficient (Wildman–Crippen LogP) is 0.633. The molecule has 0 radical (unpaired) electrons. The van der Waals surface area contributed by atoms with Gasteiger partial charge >= 0.3 is 0 Å². The van der Waals surface area contributed by atoms with Gasteiger partial charge in [0.15, 0.2) is 0 Å². The summed E-state index contributed by atoms with van der Waals surface area (Å²) in [5.41, 5.74) is 1.39. The third-order valence-electron chi connectivity index (χ3n) is 2.39. The van der Waals surface area contributed by atoms with Gasteiger partial charge < -0.3 is 10.2 Å². The van der Waals surface area contributed by atoms with E-state index in [0.717, 1.165) is 17.2 Å². The Bertz CT molecular complexity index is 582. The number of nitrogens with zero attached hydrogens (tertiary/aromatic N) is 5.